The van der Waals surface area contributed by atoms with Crippen molar-refractivity contribution in [2.24, 2.45) is 0 Å². The molecule has 0 unspecified atom stereocenters. The van der Waals surface area contributed by atoms with Crippen LogP contribution in [-0.2, 0) is 14.3 Å². The molecule has 0 saturated carbocycles. The molecule has 0 aliphatic carbocycles. The zero-order chi connectivity index (χ0) is 20.5. The summed E-state index contributed by atoms with van der Waals surface area (Å²) in [7, 11) is 1.41. The Balaban J connectivity index is 1.77. The van der Waals surface area contributed by atoms with Gasteiger partial charge in [0.25, 0.3) is 11.8 Å². The van der Waals surface area contributed by atoms with Crippen LogP contribution < -0.4 is 15.6 Å². The van der Waals surface area contributed by atoms with E-state index in [1.165, 1.54) is 19.2 Å². The molecule has 0 radical (unpaired) electrons. The fourth-order valence-corrected chi connectivity index (χ4v) is 2.61. The number of hydrogen-bond acceptors (Lipinski definition) is 5. The van der Waals surface area contributed by atoms with Crippen LogP contribution in [0.5, 0.6) is 5.75 Å². The Bertz CT molecular complexity index is 842. The van der Waals surface area contributed by atoms with Crippen molar-refractivity contribution in [1.29, 1.82) is 0 Å². The highest BCUT2D eigenvalue weighted by molar-refractivity contribution is 6.31. The first kappa shape index (κ1) is 21.2. The summed E-state index contributed by atoms with van der Waals surface area (Å²) >= 11 is 5.87. The monoisotopic (exact) mass is 404 g/mol. The van der Waals surface area contributed by atoms with Crippen molar-refractivity contribution in [2.75, 3.05) is 13.7 Å². The minimum absolute atomic E-state index is 0.0354. The zero-order valence-electron chi connectivity index (χ0n) is 15.5. The van der Waals surface area contributed by atoms with Crippen molar-refractivity contribution in [1.82, 2.24) is 10.9 Å². The number of carbonyl (C=O) groups excluding carboxylic acids is 3. The summed E-state index contributed by atoms with van der Waals surface area (Å²) in [6.45, 7) is 1.39. The van der Waals surface area contributed by atoms with Gasteiger partial charge in [0.1, 0.15) is 5.75 Å². The van der Waals surface area contributed by atoms with Crippen LogP contribution in [0.15, 0.2) is 48.5 Å². The minimum atomic E-state index is -0.671. The van der Waals surface area contributed by atoms with E-state index < -0.39 is 24.4 Å². The van der Waals surface area contributed by atoms with Crippen molar-refractivity contribution in [3.63, 3.8) is 0 Å². The third-order valence-corrected chi connectivity index (χ3v) is 4.16. The van der Waals surface area contributed by atoms with Crippen molar-refractivity contribution in [3.05, 3.63) is 64.7 Å². The fraction of sp³-hybridized carbons (Fsp3) is 0.250. The molecule has 2 aromatic rings. The number of nitrogens with one attached hydrogen (secondary N) is 2. The highest BCUT2D eigenvalue weighted by atomic mass is 35.5. The van der Waals surface area contributed by atoms with Gasteiger partial charge in [0.2, 0.25) is 0 Å². The van der Waals surface area contributed by atoms with Gasteiger partial charge in [-0.2, -0.15) is 0 Å². The summed E-state index contributed by atoms with van der Waals surface area (Å²) in [4.78, 5) is 35.8. The summed E-state index contributed by atoms with van der Waals surface area (Å²) in [5.74, 6) is -1.52. The minimum Gasteiger partial charge on any atom is -0.496 e. The molecule has 2 aromatic carbocycles. The van der Waals surface area contributed by atoms with Crippen molar-refractivity contribution < 1.29 is 23.9 Å². The lowest BCUT2D eigenvalue weighted by Crippen LogP contribution is -2.43. The zero-order valence-corrected chi connectivity index (χ0v) is 16.3. The third kappa shape index (κ3) is 6.28. The summed E-state index contributed by atoms with van der Waals surface area (Å²) in [6, 6.07) is 14.0. The molecular formula is C20H21ClN2O5. The average molecular weight is 405 g/mol. The van der Waals surface area contributed by atoms with E-state index >= 15 is 0 Å². The number of benzene rings is 2. The van der Waals surface area contributed by atoms with E-state index in [4.69, 9.17) is 21.1 Å². The molecule has 2 amide bonds. The molecule has 2 N–H and O–H groups in total. The number of esters is 1. The topological polar surface area (TPSA) is 93.7 Å². The first-order valence-corrected chi connectivity index (χ1v) is 8.91. The van der Waals surface area contributed by atoms with Crippen molar-refractivity contribution >= 4 is 29.4 Å². The molecule has 7 nitrogen and oxygen atoms in total. The molecule has 148 valence electrons. The lowest BCUT2D eigenvalue weighted by molar-refractivity contribution is -0.149. The number of ether oxygens (including phenoxy) is 2. The maximum absolute atomic E-state index is 12.1. The SMILES string of the molecule is COc1ccc(Cl)cc1C(=O)NNC(=O)COC(=O)C[C@@H](C)c1ccccc1. The highest BCUT2D eigenvalue weighted by Crippen LogP contribution is 2.22. The molecule has 0 fully saturated rings. The molecule has 2 rings (SSSR count). The predicted molar refractivity (Wildman–Crippen MR) is 104 cm³/mol. The molecular weight excluding hydrogens is 384 g/mol. The Morgan fingerprint density at radius 1 is 1.07 bits per heavy atom. The van der Waals surface area contributed by atoms with Gasteiger partial charge in [0, 0.05) is 5.02 Å². The Morgan fingerprint density at radius 3 is 2.46 bits per heavy atom. The van der Waals surface area contributed by atoms with Crippen molar-refractivity contribution in [2.45, 2.75) is 19.3 Å². The Morgan fingerprint density at radius 2 is 1.79 bits per heavy atom. The summed E-state index contributed by atoms with van der Waals surface area (Å²) < 4.78 is 10.0. The number of amides is 2. The van der Waals surface area contributed by atoms with E-state index in [2.05, 4.69) is 10.9 Å². The highest BCUT2D eigenvalue weighted by Gasteiger charge is 2.16. The Hall–Kier alpha value is -3.06. The lowest BCUT2D eigenvalue weighted by Gasteiger charge is -2.12. The quantitative estimate of drug-likeness (QED) is 0.546. The van der Waals surface area contributed by atoms with Crippen LogP contribution in [0, 0.1) is 0 Å². The molecule has 28 heavy (non-hydrogen) atoms. The van der Waals surface area contributed by atoms with E-state index in [-0.39, 0.29) is 17.9 Å². The van der Waals surface area contributed by atoms with Gasteiger partial charge >= 0.3 is 5.97 Å². The summed E-state index contributed by atoms with van der Waals surface area (Å²) in [6.07, 6.45) is 0.142. The number of rotatable bonds is 7. The van der Waals surface area contributed by atoms with E-state index in [1.807, 2.05) is 37.3 Å². The van der Waals surface area contributed by atoms with Crippen LogP contribution in [0.3, 0.4) is 0 Å². The van der Waals surface area contributed by atoms with Gasteiger partial charge in [0.05, 0.1) is 19.1 Å². The second-order valence-corrected chi connectivity index (χ2v) is 6.46. The second-order valence-electron chi connectivity index (χ2n) is 6.02. The van der Waals surface area contributed by atoms with Gasteiger partial charge in [-0.25, -0.2) is 0 Å². The van der Waals surface area contributed by atoms with Crippen LogP contribution in [0.4, 0.5) is 0 Å². The summed E-state index contributed by atoms with van der Waals surface area (Å²) in [5, 5.41) is 0.346. The van der Waals surface area contributed by atoms with Crippen LogP contribution in [0.1, 0.15) is 35.2 Å². The number of halogens is 1. The number of hydrogen-bond donors (Lipinski definition) is 2. The van der Waals surface area contributed by atoms with Gasteiger partial charge in [-0.15, -0.1) is 0 Å². The lowest BCUT2D eigenvalue weighted by atomic mass is 9.98. The standard InChI is InChI=1S/C20H21ClN2O5/c1-13(14-6-4-3-5-7-14)10-19(25)28-12-18(24)22-23-20(26)16-11-15(21)8-9-17(16)27-2/h3-9,11,13H,10,12H2,1-2H3,(H,22,24)(H,23,26)/t13-/m1/s1. The summed E-state index contributed by atoms with van der Waals surface area (Å²) in [5.41, 5.74) is 5.56. The van der Waals surface area contributed by atoms with Crippen molar-refractivity contribution in [3.8, 4) is 5.75 Å². The van der Waals surface area contributed by atoms with Gasteiger partial charge in [-0.1, -0.05) is 48.9 Å². The molecule has 0 aromatic heterocycles. The maximum atomic E-state index is 12.1. The molecule has 0 bridgehead atoms. The molecule has 0 spiro atoms. The third-order valence-electron chi connectivity index (χ3n) is 3.93. The normalized spacial score (nSPS) is 11.2. The molecule has 0 heterocycles. The van der Waals surface area contributed by atoms with Gasteiger partial charge in [-0.3, -0.25) is 25.2 Å². The predicted octanol–water partition coefficient (Wildman–Crippen LogP) is 2.85. The first-order valence-electron chi connectivity index (χ1n) is 8.54. The van der Waals surface area contributed by atoms with Gasteiger partial charge < -0.3 is 9.47 Å². The number of carbonyl (C=O) groups is 3. The number of hydrazine groups is 1. The molecule has 0 aliphatic rings. The van der Waals surface area contributed by atoms with Crippen LogP contribution in [-0.4, -0.2) is 31.5 Å². The average Bonchev–Trinajstić information content (AvgIpc) is 2.71. The first-order chi connectivity index (χ1) is 13.4. The molecule has 8 heteroatoms. The van der Waals surface area contributed by atoms with Gasteiger partial charge in [-0.05, 0) is 29.7 Å². The second kappa shape index (κ2) is 10.3. The Labute approximate surface area is 167 Å². The van der Waals surface area contributed by atoms with Gasteiger partial charge in [0.15, 0.2) is 6.61 Å². The van der Waals surface area contributed by atoms with E-state index in [9.17, 15) is 14.4 Å². The molecule has 0 saturated heterocycles. The van der Waals surface area contributed by atoms with Crippen LogP contribution in [0.2, 0.25) is 5.02 Å². The maximum Gasteiger partial charge on any atom is 0.306 e. The molecule has 0 aliphatic heterocycles. The van der Waals surface area contributed by atoms with E-state index in [1.54, 1.807) is 6.07 Å². The fourth-order valence-electron chi connectivity index (χ4n) is 2.44. The van der Waals surface area contributed by atoms with E-state index in [0.29, 0.717) is 10.8 Å². The Kier molecular flexibility index (Phi) is 7.83. The largest absolute Gasteiger partial charge is 0.496 e. The van der Waals surface area contributed by atoms with Crippen LogP contribution >= 0.6 is 11.6 Å². The molecule has 1 atom stereocenters. The van der Waals surface area contributed by atoms with Crippen LogP contribution in [0.25, 0.3) is 0 Å². The van der Waals surface area contributed by atoms with E-state index in [0.717, 1.165) is 5.56 Å². The number of methoxy groups -OCH3 is 1. The smallest absolute Gasteiger partial charge is 0.306 e.